The van der Waals surface area contributed by atoms with E-state index in [0.717, 1.165) is 37.8 Å². The predicted molar refractivity (Wildman–Crippen MR) is 116 cm³/mol. The Hall–Kier alpha value is -1.26. The van der Waals surface area contributed by atoms with Gasteiger partial charge in [-0.25, -0.2) is 0 Å². The smallest absolute Gasteiger partial charge is 0.120 e. The fraction of sp³-hybridized carbons (Fsp3) is 0.455. The number of hydrogen-bond acceptors (Lipinski definition) is 3. The number of ether oxygens (including phenoxy) is 1. The van der Waals surface area contributed by atoms with Crippen molar-refractivity contribution in [1.82, 2.24) is 10.2 Å². The number of hydrogen-bond donors (Lipinski definition) is 1. The van der Waals surface area contributed by atoms with Gasteiger partial charge in [0.15, 0.2) is 0 Å². The van der Waals surface area contributed by atoms with Crippen LogP contribution in [0.2, 0.25) is 0 Å². The Morgan fingerprint density at radius 1 is 0.963 bits per heavy atom. The van der Waals surface area contributed by atoms with Crippen molar-refractivity contribution >= 4 is 24.8 Å². The number of rotatable bonds is 7. The molecule has 1 N–H and O–H groups in total. The molecular formula is C22H30Cl2N2O. The summed E-state index contributed by atoms with van der Waals surface area (Å²) in [6.45, 7) is 5.13. The topological polar surface area (TPSA) is 24.5 Å². The summed E-state index contributed by atoms with van der Waals surface area (Å²) in [6, 6.07) is 19.7. The van der Waals surface area contributed by atoms with Crippen molar-refractivity contribution in [1.29, 1.82) is 0 Å². The van der Waals surface area contributed by atoms with Crippen molar-refractivity contribution in [3.63, 3.8) is 0 Å². The third-order valence-electron chi connectivity index (χ3n) is 5.34. The monoisotopic (exact) mass is 408 g/mol. The van der Waals surface area contributed by atoms with E-state index in [-0.39, 0.29) is 24.8 Å². The zero-order valence-corrected chi connectivity index (χ0v) is 17.3. The van der Waals surface area contributed by atoms with Crippen LogP contribution in [-0.2, 0) is 6.61 Å². The highest BCUT2D eigenvalue weighted by Gasteiger charge is 2.30. The molecule has 27 heavy (non-hydrogen) atoms. The Morgan fingerprint density at radius 3 is 2.41 bits per heavy atom. The van der Waals surface area contributed by atoms with Crippen molar-refractivity contribution in [2.24, 2.45) is 5.92 Å². The minimum Gasteiger partial charge on any atom is -0.489 e. The summed E-state index contributed by atoms with van der Waals surface area (Å²) in [4.78, 5) is 2.66. The summed E-state index contributed by atoms with van der Waals surface area (Å²) < 4.78 is 6.06. The molecule has 0 spiro atoms. The van der Waals surface area contributed by atoms with Gasteiger partial charge in [0, 0.05) is 32.2 Å². The summed E-state index contributed by atoms with van der Waals surface area (Å²) in [5.74, 6) is 1.91. The zero-order chi connectivity index (χ0) is 16.9. The Kier molecular flexibility index (Phi) is 8.91. The molecular weight excluding hydrogens is 379 g/mol. The summed E-state index contributed by atoms with van der Waals surface area (Å²) in [5, 5.41) is 3.47. The van der Waals surface area contributed by atoms with Crippen LogP contribution in [0.5, 0.6) is 5.75 Å². The SMILES string of the molecule is Cl.Cl.c1ccc(COc2cccc([C@@H](CC3CC3)N3CCNCC3)c2)cc1. The zero-order valence-electron chi connectivity index (χ0n) is 15.7. The minimum absolute atomic E-state index is 0. The number of piperazine rings is 1. The van der Waals surface area contributed by atoms with E-state index in [1.165, 1.54) is 30.4 Å². The first-order valence-corrected chi connectivity index (χ1v) is 9.60. The number of nitrogens with zero attached hydrogens (tertiary/aromatic N) is 1. The van der Waals surface area contributed by atoms with Crippen molar-refractivity contribution < 1.29 is 4.74 Å². The van der Waals surface area contributed by atoms with Crippen LogP contribution in [0.1, 0.15) is 36.4 Å². The van der Waals surface area contributed by atoms with E-state index in [1.54, 1.807) is 0 Å². The molecule has 4 rings (SSSR count). The van der Waals surface area contributed by atoms with E-state index in [1.807, 2.05) is 6.07 Å². The normalized spacial score (nSPS) is 18.1. The maximum atomic E-state index is 6.06. The molecule has 2 aliphatic rings. The lowest BCUT2D eigenvalue weighted by Gasteiger charge is -2.35. The van der Waals surface area contributed by atoms with Crippen molar-refractivity contribution in [2.75, 3.05) is 26.2 Å². The van der Waals surface area contributed by atoms with E-state index >= 15 is 0 Å². The maximum Gasteiger partial charge on any atom is 0.120 e. The van der Waals surface area contributed by atoms with Gasteiger partial charge in [0.1, 0.15) is 12.4 Å². The maximum absolute atomic E-state index is 6.06. The molecule has 1 aliphatic heterocycles. The van der Waals surface area contributed by atoms with Gasteiger partial charge in [-0.2, -0.15) is 0 Å². The molecule has 2 aromatic carbocycles. The van der Waals surface area contributed by atoms with Crippen LogP contribution in [0.25, 0.3) is 0 Å². The average Bonchev–Trinajstić information content (AvgIpc) is 3.50. The second-order valence-corrected chi connectivity index (χ2v) is 7.33. The van der Waals surface area contributed by atoms with Crippen LogP contribution in [0.15, 0.2) is 54.6 Å². The first-order valence-electron chi connectivity index (χ1n) is 9.60. The highest BCUT2D eigenvalue weighted by atomic mass is 35.5. The highest BCUT2D eigenvalue weighted by Crippen LogP contribution is 2.40. The highest BCUT2D eigenvalue weighted by molar-refractivity contribution is 5.85. The lowest BCUT2D eigenvalue weighted by molar-refractivity contribution is 0.160. The van der Waals surface area contributed by atoms with Crippen molar-refractivity contribution in [3.05, 3.63) is 65.7 Å². The van der Waals surface area contributed by atoms with E-state index in [4.69, 9.17) is 4.74 Å². The van der Waals surface area contributed by atoms with Crippen molar-refractivity contribution in [2.45, 2.75) is 31.9 Å². The standard InChI is InChI=1S/C22H28N2O.2ClH/c1-2-5-19(6-3-1)17-25-21-8-4-7-20(16-21)22(15-18-9-10-18)24-13-11-23-12-14-24;;/h1-8,16,18,22-23H,9-15,17H2;2*1H/t22-;;/m1../s1. The van der Waals surface area contributed by atoms with Crippen LogP contribution < -0.4 is 10.1 Å². The second-order valence-electron chi connectivity index (χ2n) is 7.33. The van der Waals surface area contributed by atoms with Crippen molar-refractivity contribution in [3.8, 4) is 5.75 Å². The molecule has 1 aliphatic carbocycles. The van der Waals surface area contributed by atoms with Gasteiger partial charge in [0.05, 0.1) is 0 Å². The molecule has 0 unspecified atom stereocenters. The Bertz CT molecular complexity index is 673. The number of halogens is 2. The first kappa shape index (κ1) is 22.0. The van der Waals surface area contributed by atoms with Gasteiger partial charge in [0.2, 0.25) is 0 Å². The van der Waals surface area contributed by atoms with E-state index in [0.29, 0.717) is 12.6 Å². The van der Waals surface area contributed by atoms with Crippen LogP contribution in [0.4, 0.5) is 0 Å². The van der Waals surface area contributed by atoms with E-state index < -0.39 is 0 Å². The second kappa shape index (κ2) is 10.9. The molecule has 5 heteroatoms. The number of benzene rings is 2. The fourth-order valence-electron chi connectivity index (χ4n) is 3.71. The van der Waals surface area contributed by atoms with E-state index in [9.17, 15) is 0 Å². The van der Waals surface area contributed by atoms with Gasteiger partial charge in [-0.15, -0.1) is 24.8 Å². The third kappa shape index (κ3) is 6.39. The van der Waals surface area contributed by atoms with Gasteiger partial charge in [-0.1, -0.05) is 55.3 Å². The van der Waals surface area contributed by atoms with Gasteiger partial charge in [0.25, 0.3) is 0 Å². The van der Waals surface area contributed by atoms with Gasteiger partial charge >= 0.3 is 0 Å². The minimum atomic E-state index is 0. The molecule has 2 fully saturated rings. The Labute approximate surface area is 175 Å². The van der Waals surface area contributed by atoms with Crippen LogP contribution >= 0.6 is 24.8 Å². The molecule has 0 radical (unpaired) electrons. The summed E-state index contributed by atoms with van der Waals surface area (Å²) >= 11 is 0. The van der Waals surface area contributed by atoms with E-state index in [2.05, 4.69) is 58.7 Å². The Balaban J connectivity index is 0.00000131. The Morgan fingerprint density at radius 2 is 1.70 bits per heavy atom. The average molecular weight is 409 g/mol. The quantitative estimate of drug-likeness (QED) is 0.707. The van der Waals surface area contributed by atoms with Crippen LogP contribution in [0, 0.1) is 5.92 Å². The summed E-state index contributed by atoms with van der Waals surface area (Å²) in [6.07, 6.45) is 4.11. The molecule has 3 nitrogen and oxygen atoms in total. The van der Waals surface area contributed by atoms with Gasteiger partial charge in [-0.3, -0.25) is 4.90 Å². The van der Waals surface area contributed by atoms with Gasteiger partial charge < -0.3 is 10.1 Å². The third-order valence-corrected chi connectivity index (χ3v) is 5.34. The molecule has 0 amide bonds. The molecule has 1 heterocycles. The fourth-order valence-corrected chi connectivity index (χ4v) is 3.71. The molecule has 148 valence electrons. The molecule has 2 aromatic rings. The number of nitrogens with one attached hydrogen (secondary N) is 1. The molecule has 0 aromatic heterocycles. The largest absolute Gasteiger partial charge is 0.489 e. The summed E-state index contributed by atoms with van der Waals surface area (Å²) in [5.41, 5.74) is 2.63. The predicted octanol–water partition coefficient (Wildman–Crippen LogP) is 4.86. The van der Waals surface area contributed by atoms with Crippen LogP contribution in [-0.4, -0.2) is 31.1 Å². The molecule has 1 saturated heterocycles. The first-order chi connectivity index (χ1) is 12.4. The lowest BCUT2D eigenvalue weighted by atomic mass is 9.98. The van der Waals surface area contributed by atoms with Gasteiger partial charge in [-0.05, 0) is 35.6 Å². The molecule has 0 bridgehead atoms. The summed E-state index contributed by atoms with van der Waals surface area (Å²) in [7, 11) is 0. The molecule has 1 atom stereocenters. The molecule has 1 saturated carbocycles. The lowest BCUT2D eigenvalue weighted by Crippen LogP contribution is -2.45. The van der Waals surface area contributed by atoms with Crippen LogP contribution in [0.3, 0.4) is 0 Å².